The topological polar surface area (TPSA) is 141 Å². The third-order valence-corrected chi connectivity index (χ3v) is 9.95. The zero-order valence-electron chi connectivity index (χ0n) is 27.6. The van der Waals surface area contributed by atoms with Gasteiger partial charge in [-0.2, -0.15) is 18.3 Å². The van der Waals surface area contributed by atoms with E-state index in [1.54, 1.807) is 60.3 Å². The largest absolute Gasteiger partial charge is 0.443 e. The van der Waals surface area contributed by atoms with Crippen molar-refractivity contribution in [1.29, 1.82) is 0 Å². The fourth-order valence-electron chi connectivity index (χ4n) is 6.12. The Morgan fingerprint density at radius 3 is 2.42 bits per heavy atom. The van der Waals surface area contributed by atoms with Crippen molar-refractivity contribution in [2.75, 3.05) is 6.73 Å². The maximum absolute atomic E-state index is 14.3. The van der Waals surface area contributed by atoms with E-state index in [0.29, 0.717) is 34.9 Å². The van der Waals surface area contributed by atoms with Crippen LogP contribution in [0.3, 0.4) is 0 Å². The molecule has 50 heavy (non-hydrogen) atoms. The molecule has 0 spiro atoms. The Morgan fingerprint density at radius 1 is 1.10 bits per heavy atom. The normalized spacial score (nSPS) is 16.7. The summed E-state index contributed by atoms with van der Waals surface area (Å²) in [5, 5.41) is 7.19. The number of carbonyl (C=O) groups is 3. The van der Waals surface area contributed by atoms with Crippen LogP contribution in [0.2, 0.25) is 0 Å². The first-order chi connectivity index (χ1) is 23.6. The van der Waals surface area contributed by atoms with Crippen LogP contribution in [0.5, 0.6) is 0 Å². The van der Waals surface area contributed by atoms with Crippen LogP contribution in [0.4, 0.5) is 13.2 Å². The summed E-state index contributed by atoms with van der Waals surface area (Å²) in [7, 11) is 0. The number of nitrogens with two attached hydrogens (primary N) is 1. The maximum Gasteiger partial charge on any atom is 0.417 e. The quantitative estimate of drug-likeness (QED) is 0.181. The second kappa shape index (κ2) is 13.7. The molecule has 11 nitrogen and oxygen atoms in total. The smallest absolute Gasteiger partial charge is 0.417 e. The molecular formula is C35H36BrF3N6O5. The molecule has 0 bridgehead atoms. The minimum absolute atomic E-state index is 0.0321. The number of ether oxygens (including phenoxy) is 1. The number of aromatic nitrogens is 3. The van der Waals surface area contributed by atoms with Crippen LogP contribution in [0, 0.1) is 11.8 Å². The second-order valence-electron chi connectivity index (χ2n) is 13.2. The van der Waals surface area contributed by atoms with Crippen molar-refractivity contribution in [3.63, 3.8) is 0 Å². The molecule has 1 unspecified atom stereocenters. The van der Waals surface area contributed by atoms with Gasteiger partial charge in [-0.15, -0.1) is 0 Å². The molecule has 6 rings (SSSR count). The van der Waals surface area contributed by atoms with Gasteiger partial charge in [0.05, 0.1) is 29.7 Å². The Kier molecular flexibility index (Phi) is 9.66. The number of alkyl halides is 3. The average Bonchev–Trinajstić information content (AvgIpc) is 3.81. The molecular weight excluding hydrogens is 721 g/mol. The van der Waals surface area contributed by atoms with Gasteiger partial charge in [0.25, 0.3) is 17.4 Å². The van der Waals surface area contributed by atoms with Gasteiger partial charge >= 0.3 is 12.1 Å². The van der Waals surface area contributed by atoms with Crippen LogP contribution in [-0.4, -0.2) is 55.7 Å². The van der Waals surface area contributed by atoms with E-state index in [0.717, 1.165) is 24.5 Å². The third kappa shape index (κ3) is 6.93. The van der Waals surface area contributed by atoms with Gasteiger partial charge in [-0.3, -0.25) is 23.7 Å². The molecule has 0 saturated heterocycles. The van der Waals surface area contributed by atoms with Crippen molar-refractivity contribution in [1.82, 2.24) is 24.4 Å². The highest BCUT2D eigenvalue weighted by Crippen LogP contribution is 2.37. The van der Waals surface area contributed by atoms with E-state index < -0.39 is 41.6 Å². The highest BCUT2D eigenvalue weighted by atomic mass is 79.9. The molecule has 2 aliphatic rings. The van der Waals surface area contributed by atoms with Crippen LogP contribution in [0.1, 0.15) is 76.7 Å². The fraction of sp³-hybridized carbons (Fsp3) is 0.400. The average molecular weight is 758 g/mol. The van der Waals surface area contributed by atoms with Gasteiger partial charge in [-0.05, 0) is 86.9 Å². The van der Waals surface area contributed by atoms with Gasteiger partial charge in [0.15, 0.2) is 6.73 Å². The monoisotopic (exact) mass is 756 g/mol. The number of carbonyl (C=O) groups excluding carboxylic acids is 3. The van der Waals surface area contributed by atoms with Crippen molar-refractivity contribution in [3.05, 3.63) is 97.0 Å². The first kappa shape index (κ1) is 35.3. The Bertz CT molecular complexity index is 2040. The van der Waals surface area contributed by atoms with Crippen LogP contribution >= 0.6 is 15.9 Å². The Balaban J connectivity index is 1.32. The van der Waals surface area contributed by atoms with Gasteiger partial charge in [0.2, 0.25) is 0 Å². The summed E-state index contributed by atoms with van der Waals surface area (Å²) in [6.45, 7) is 4.93. The maximum atomic E-state index is 14.3. The molecule has 2 aromatic carbocycles. The molecule has 1 aliphatic carbocycles. The van der Waals surface area contributed by atoms with Gasteiger partial charge in [0.1, 0.15) is 11.7 Å². The number of nitrogens with one attached hydrogen (secondary N) is 1. The molecule has 2 aromatic heterocycles. The van der Waals surface area contributed by atoms with Gasteiger partial charge in [-0.1, -0.05) is 29.8 Å². The molecule has 1 fully saturated rings. The number of hydrogen-bond acceptors (Lipinski definition) is 7. The Morgan fingerprint density at radius 2 is 1.78 bits per heavy atom. The van der Waals surface area contributed by atoms with Gasteiger partial charge < -0.3 is 20.7 Å². The predicted octanol–water partition coefficient (Wildman–Crippen LogP) is 5.02. The molecule has 3 N–H and O–H groups in total. The van der Waals surface area contributed by atoms with E-state index in [2.05, 4.69) is 26.3 Å². The number of rotatable bonds is 9. The van der Waals surface area contributed by atoms with Crippen molar-refractivity contribution < 1.29 is 32.3 Å². The number of esters is 1. The Hall–Kier alpha value is -4.50. The van der Waals surface area contributed by atoms with E-state index in [1.807, 2.05) is 0 Å². The summed E-state index contributed by atoms with van der Waals surface area (Å²) in [6, 6.07) is 8.47. The Labute approximate surface area is 293 Å². The minimum atomic E-state index is -4.65. The molecule has 1 aliphatic heterocycles. The van der Waals surface area contributed by atoms with E-state index in [-0.39, 0.29) is 46.8 Å². The first-order valence-electron chi connectivity index (χ1n) is 16.3. The second-order valence-corrected chi connectivity index (χ2v) is 14.1. The number of fused-ring (bicyclic) bond motifs is 3. The molecule has 4 aromatic rings. The summed E-state index contributed by atoms with van der Waals surface area (Å²) in [5.41, 5.74) is 7.47. The number of hydrogen-bond donors (Lipinski definition) is 2. The standard InChI is InChI=1S/C35H36BrF3N6O5/c1-18(2)29(40)34(49)50-17-41-30(46)21-6-9-24(10-7-21)44-31-23(13-20-4-5-20)15-42-45(31)28-16-43(19(3)12-25(28)33(44)48)32(47)22-8-11-27(36)26(14-22)35(37,38)39/h6-11,14-15,18-20,29H,4-5,12-13,16-17,40H2,1-3H3,(H,41,46)/t19?,29-/m0/s1. The fourth-order valence-corrected chi connectivity index (χ4v) is 6.59. The zero-order chi connectivity index (χ0) is 36.1. The lowest BCUT2D eigenvalue weighted by Crippen LogP contribution is -2.46. The molecule has 2 amide bonds. The predicted molar refractivity (Wildman–Crippen MR) is 181 cm³/mol. The van der Waals surface area contributed by atoms with Gasteiger partial charge in [-0.25, -0.2) is 4.52 Å². The summed E-state index contributed by atoms with van der Waals surface area (Å²) < 4.78 is 49.0. The summed E-state index contributed by atoms with van der Waals surface area (Å²) in [5.74, 6) is -1.37. The SMILES string of the molecule is CC(C)[C@H](N)C(=O)OCNC(=O)c1ccc(-n2c(=O)c3c(n4ncc(CC5CC5)c24)CN(C(=O)c2ccc(Br)c(C(F)(F)F)c2)C(C)C3)cc1. The third-order valence-electron chi connectivity index (χ3n) is 9.26. The van der Waals surface area contributed by atoms with E-state index in [9.17, 15) is 32.3 Å². The molecule has 15 heteroatoms. The minimum Gasteiger partial charge on any atom is -0.443 e. The number of amides is 2. The summed E-state index contributed by atoms with van der Waals surface area (Å²) in [6.07, 6.45) is 0.0182. The molecule has 264 valence electrons. The number of benzene rings is 2. The lowest BCUT2D eigenvalue weighted by molar-refractivity contribution is -0.146. The molecule has 2 atom stereocenters. The zero-order valence-corrected chi connectivity index (χ0v) is 29.2. The first-order valence-corrected chi connectivity index (χ1v) is 17.1. The highest BCUT2D eigenvalue weighted by molar-refractivity contribution is 9.10. The van der Waals surface area contributed by atoms with E-state index in [1.165, 1.54) is 17.0 Å². The summed E-state index contributed by atoms with van der Waals surface area (Å²) in [4.78, 5) is 54.3. The lowest BCUT2D eigenvalue weighted by Gasteiger charge is -2.35. The summed E-state index contributed by atoms with van der Waals surface area (Å²) >= 11 is 2.93. The molecule has 3 heterocycles. The number of halogens is 4. The van der Waals surface area contributed by atoms with E-state index >= 15 is 0 Å². The van der Waals surface area contributed by atoms with E-state index in [4.69, 9.17) is 10.5 Å². The van der Waals surface area contributed by atoms with Crippen molar-refractivity contribution in [3.8, 4) is 5.69 Å². The molecule has 1 saturated carbocycles. The van der Waals surface area contributed by atoms with Gasteiger partial charge in [0, 0.05) is 32.8 Å². The van der Waals surface area contributed by atoms with Crippen LogP contribution < -0.4 is 16.6 Å². The van der Waals surface area contributed by atoms with Crippen molar-refractivity contribution >= 4 is 39.4 Å². The lowest BCUT2D eigenvalue weighted by atomic mass is 9.97. The van der Waals surface area contributed by atoms with Crippen molar-refractivity contribution in [2.45, 2.75) is 71.3 Å². The van der Waals surface area contributed by atoms with Crippen LogP contribution in [-0.2, 0) is 35.1 Å². The highest BCUT2D eigenvalue weighted by Gasteiger charge is 2.37. The van der Waals surface area contributed by atoms with Crippen LogP contribution in [0.25, 0.3) is 11.3 Å². The van der Waals surface area contributed by atoms with Crippen LogP contribution in [0.15, 0.2) is 57.9 Å². The molecule has 0 radical (unpaired) electrons. The van der Waals surface area contributed by atoms with Crippen molar-refractivity contribution in [2.24, 2.45) is 17.6 Å². The number of nitrogens with zero attached hydrogens (tertiary/aromatic N) is 4.